The lowest BCUT2D eigenvalue weighted by Gasteiger charge is -2.13. The van der Waals surface area contributed by atoms with Gasteiger partial charge < -0.3 is 4.74 Å². The summed E-state index contributed by atoms with van der Waals surface area (Å²) >= 11 is 5.84. The molecule has 1 heterocycles. The third kappa shape index (κ3) is 3.40. The predicted octanol–water partition coefficient (Wildman–Crippen LogP) is 2.59. The minimum absolute atomic E-state index is 0.0169. The molecule has 2 aromatic rings. The van der Waals surface area contributed by atoms with Crippen molar-refractivity contribution in [1.82, 2.24) is 4.90 Å². The Hall–Kier alpha value is -3.26. The van der Waals surface area contributed by atoms with Crippen LogP contribution in [0.25, 0.3) is 0 Å². The van der Waals surface area contributed by atoms with Crippen LogP contribution in [0.15, 0.2) is 42.5 Å². The van der Waals surface area contributed by atoms with Gasteiger partial charge in [-0.25, -0.2) is 0 Å². The summed E-state index contributed by atoms with van der Waals surface area (Å²) in [7, 11) is 0. The molecule has 0 unspecified atom stereocenters. The van der Waals surface area contributed by atoms with Crippen LogP contribution >= 0.6 is 11.6 Å². The molecule has 0 aliphatic carbocycles. The van der Waals surface area contributed by atoms with Crippen molar-refractivity contribution in [3.05, 3.63) is 74.3 Å². The van der Waals surface area contributed by atoms with Gasteiger partial charge in [0.15, 0.2) is 0 Å². The number of nitro groups is 1. The van der Waals surface area contributed by atoms with Gasteiger partial charge in [-0.15, -0.1) is 0 Å². The number of rotatable bonds is 5. The Labute approximate surface area is 152 Å². The van der Waals surface area contributed by atoms with E-state index in [-0.39, 0.29) is 23.4 Å². The Morgan fingerprint density at radius 2 is 1.85 bits per heavy atom. The predicted molar refractivity (Wildman–Crippen MR) is 89.7 cm³/mol. The monoisotopic (exact) mass is 374 g/mol. The number of benzene rings is 2. The number of nitrogens with zero attached hydrogens (tertiary/aromatic N) is 2. The third-order valence-corrected chi connectivity index (χ3v) is 3.98. The van der Waals surface area contributed by atoms with Gasteiger partial charge in [0.05, 0.1) is 16.1 Å². The van der Waals surface area contributed by atoms with Crippen LogP contribution in [0.5, 0.6) is 0 Å². The van der Waals surface area contributed by atoms with Crippen LogP contribution in [0.1, 0.15) is 26.3 Å². The Bertz CT molecular complexity index is 943. The van der Waals surface area contributed by atoms with E-state index < -0.39 is 29.3 Å². The molecule has 0 saturated heterocycles. The lowest BCUT2D eigenvalue weighted by Crippen LogP contribution is -2.35. The van der Waals surface area contributed by atoms with E-state index >= 15 is 0 Å². The molecule has 0 aromatic heterocycles. The number of non-ortho nitro benzene ring substituents is 1. The molecule has 26 heavy (non-hydrogen) atoms. The first-order chi connectivity index (χ1) is 12.4. The Balaban J connectivity index is 1.68. The van der Waals surface area contributed by atoms with Crippen molar-refractivity contribution in [3.63, 3.8) is 0 Å². The molecule has 0 saturated carbocycles. The van der Waals surface area contributed by atoms with Gasteiger partial charge in [-0.2, -0.15) is 0 Å². The molecule has 0 fully saturated rings. The summed E-state index contributed by atoms with van der Waals surface area (Å²) in [5.41, 5.74) is 0.259. The van der Waals surface area contributed by atoms with E-state index in [1.165, 1.54) is 6.07 Å². The van der Waals surface area contributed by atoms with Gasteiger partial charge in [0.25, 0.3) is 17.5 Å². The first kappa shape index (κ1) is 17.6. The summed E-state index contributed by atoms with van der Waals surface area (Å²) in [6, 6.07) is 10.0. The van der Waals surface area contributed by atoms with Gasteiger partial charge >= 0.3 is 5.97 Å². The largest absolute Gasteiger partial charge is 0.459 e. The maximum absolute atomic E-state index is 12.3. The number of imide groups is 1. The van der Waals surface area contributed by atoms with Gasteiger partial charge in [0, 0.05) is 17.2 Å². The first-order valence-electron chi connectivity index (χ1n) is 7.41. The van der Waals surface area contributed by atoms with Crippen LogP contribution in [0, 0.1) is 10.1 Å². The lowest BCUT2D eigenvalue weighted by molar-refractivity contribution is -0.384. The average molecular weight is 375 g/mol. The number of esters is 1. The third-order valence-electron chi connectivity index (χ3n) is 3.74. The highest BCUT2D eigenvalue weighted by atomic mass is 35.5. The topological polar surface area (TPSA) is 107 Å². The highest BCUT2D eigenvalue weighted by Gasteiger charge is 2.38. The number of fused-ring (bicyclic) bond motifs is 1. The van der Waals surface area contributed by atoms with Crippen molar-refractivity contribution in [2.24, 2.45) is 0 Å². The van der Waals surface area contributed by atoms with E-state index in [1.54, 1.807) is 24.3 Å². The highest BCUT2D eigenvalue weighted by Crippen LogP contribution is 2.26. The van der Waals surface area contributed by atoms with Gasteiger partial charge in [-0.1, -0.05) is 23.7 Å². The minimum Gasteiger partial charge on any atom is -0.459 e. The Morgan fingerprint density at radius 3 is 2.54 bits per heavy atom. The molecule has 9 heteroatoms. The minimum atomic E-state index is -0.783. The molecule has 132 valence electrons. The summed E-state index contributed by atoms with van der Waals surface area (Å²) in [4.78, 5) is 47.4. The summed E-state index contributed by atoms with van der Waals surface area (Å²) in [5, 5.41) is 11.3. The zero-order valence-electron chi connectivity index (χ0n) is 13.2. The SMILES string of the molecule is O=C(CN1C(=O)c2ccc([N+](=O)[O-])cc2C1=O)OCc1cccc(Cl)c1. The van der Waals surface area contributed by atoms with E-state index in [0.717, 1.165) is 12.1 Å². The van der Waals surface area contributed by atoms with E-state index in [2.05, 4.69) is 0 Å². The first-order valence-corrected chi connectivity index (χ1v) is 7.79. The van der Waals surface area contributed by atoms with Gasteiger partial charge in [-0.3, -0.25) is 29.4 Å². The Morgan fingerprint density at radius 1 is 1.12 bits per heavy atom. The van der Waals surface area contributed by atoms with Crippen LogP contribution in [0.2, 0.25) is 5.02 Å². The van der Waals surface area contributed by atoms with Crippen molar-refractivity contribution >= 4 is 35.1 Å². The molecule has 0 bridgehead atoms. The van der Waals surface area contributed by atoms with Gasteiger partial charge in [0.2, 0.25) is 0 Å². The number of hydrogen-bond donors (Lipinski definition) is 0. The van der Waals surface area contributed by atoms with Crippen molar-refractivity contribution in [2.75, 3.05) is 6.54 Å². The zero-order chi connectivity index (χ0) is 18.8. The zero-order valence-corrected chi connectivity index (χ0v) is 13.9. The molecule has 0 N–H and O–H groups in total. The second-order valence-corrected chi connectivity index (χ2v) is 5.91. The van der Waals surface area contributed by atoms with Crippen molar-refractivity contribution in [2.45, 2.75) is 6.61 Å². The molecule has 0 radical (unpaired) electrons. The van der Waals surface area contributed by atoms with E-state index in [4.69, 9.17) is 16.3 Å². The molecule has 1 aliphatic heterocycles. The smallest absolute Gasteiger partial charge is 0.326 e. The van der Waals surface area contributed by atoms with Crippen LogP contribution in [-0.4, -0.2) is 34.2 Å². The van der Waals surface area contributed by atoms with E-state index in [1.807, 2.05) is 0 Å². The number of halogens is 1. The lowest BCUT2D eigenvalue weighted by atomic mass is 10.1. The second kappa shape index (κ2) is 6.93. The second-order valence-electron chi connectivity index (χ2n) is 5.47. The molecule has 2 aromatic carbocycles. The fourth-order valence-electron chi connectivity index (χ4n) is 2.50. The summed E-state index contributed by atoms with van der Waals surface area (Å²) in [6.45, 7) is -0.644. The van der Waals surface area contributed by atoms with Gasteiger partial charge in [-0.05, 0) is 23.8 Å². The number of amides is 2. The number of carbonyl (C=O) groups is 3. The van der Waals surface area contributed by atoms with Crippen molar-refractivity contribution in [1.29, 1.82) is 0 Å². The molecule has 2 amide bonds. The maximum Gasteiger partial charge on any atom is 0.326 e. The Kier molecular flexibility index (Phi) is 4.68. The quantitative estimate of drug-likeness (QED) is 0.344. The summed E-state index contributed by atoms with van der Waals surface area (Å²) < 4.78 is 5.05. The maximum atomic E-state index is 12.3. The normalized spacial score (nSPS) is 12.9. The molecule has 3 rings (SSSR count). The molecule has 8 nitrogen and oxygen atoms in total. The summed E-state index contributed by atoms with van der Waals surface area (Å²) in [6.07, 6.45) is 0. The molecular weight excluding hydrogens is 364 g/mol. The van der Waals surface area contributed by atoms with E-state index in [9.17, 15) is 24.5 Å². The number of carbonyl (C=O) groups excluding carboxylic acids is 3. The fraction of sp³-hybridized carbons (Fsp3) is 0.118. The molecular formula is C17H11ClN2O6. The molecule has 0 atom stereocenters. The van der Waals surface area contributed by atoms with Crippen LogP contribution in [-0.2, 0) is 16.1 Å². The molecule has 1 aliphatic rings. The number of hydrogen-bond acceptors (Lipinski definition) is 6. The number of ether oxygens (including phenoxy) is 1. The highest BCUT2D eigenvalue weighted by molar-refractivity contribution is 6.30. The van der Waals surface area contributed by atoms with E-state index in [0.29, 0.717) is 15.5 Å². The number of nitro benzene ring substituents is 1. The standard InChI is InChI=1S/C17H11ClN2O6/c18-11-3-1-2-10(6-11)9-26-15(21)8-19-16(22)13-5-4-12(20(24)25)7-14(13)17(19)23/h1-7H,8-9H2. The van der Waals surface area contributed by atoms with Crippen molar-refractivity contribution < 1.29 is 24.0 Å². The fourth-order valence-corrected chi connectivity index (χ4v) is 2.71. The average Bonchev–Trinajstić information content (AvgIpc) is 2.84. The van der Waals surface area contributed by atoms with Gasteiger partial charge in [0.1, 0.15) is 13.2 Å². The molecule has 0 spiro atoms. The van der Waals surface area contributed by atoms with Crippen LogP contribution in [0.3, 0.4) is 0 Å². The van der Waals surface area contributed by atoms with Crippen molar-refractivity contribution in [3.8, 4) is 0 Å². The van der Waals surface area contributed by atoms with Crippen LogP contribution in [0.4, 0.5) is 5.69 Å². The summed E-state index contributed by atoms with van der Waals surface area (Å²) in [5.74, 6) is -2.25. The van der Waals surface area contributed by atoms with Crippen LogP contribution < -0.4 is 0 Å².